The fraction of sp³-hybridized carbons (Fsp3) is 0.625. The summed E-state index contributed by atoms with van der Waals surface area (Å²) >= 11 is 0. The molecule has 0 unspecified atom stereocenters. The van der Waals surface area contributed by atoms with E-state index in [1.807, 2.05) is 0 Å². The van der Waals surface area contributed by atoms with Crippen molar-refractivity contribution in [3.05, 3.63) is 22.0 Å². The molecule has 2 N–H and O–H groups in total. The molecule has 0 fully saturated rings. The molecule has 1 aromatic rings. The highest BCUT2D eigenvalue weighted by atomic mass is 16.6. The maximum atomic E-state index is 10.6. The van der Waals surface area contributed by atoms with Crippen molar-refractivity contribution in [2.24, 2.45) is 12.8 Å². The predicted molar refractivity (Wildman–Crippen MR) is 51.9 cm³/mol. The van der Waals surface area contributed by atoms with Gasteiger partial charge in [-0.15, -0.1) is 0 Å². The van der Waals surface area contributed by atoms with Crippen LogP contribution in [0.2, 0.25) is 0 Å². The van der Waals surface area contributed by atoms with Crippen LogP contribution in [-0.2, 0) is 13.5 Å². The molecule has 0 amide bonds. The second-order valence-corrected chi connectivity index (χ2v) is 3.10. The van der Waals surface area contributed by atoms with Gasteiger partial charge >= 0.3 is 5.69 Å². The van der Waals surface area contributed by atoms with Crippen LogP contribution in [0, 0.1) is 10.1 Å². The third-order valence-corrected chi connectivity index (χ3v) is 2.10. The normalized spacial score (nSPS) is 10.4. The Morgan fingerprint density at radius 3 is 2.93 bits per heavy atom. The summed E-state index contributed by atoms with van der Waals surface area (Å²) in [6, 6.07) is 0. The summed E-state index contributed by atoms with van der Waals surface area (Å²) in [4.78, 5) is 10.2. The average molecular weight is 198 g/mol. The zero-order valence-corrected chi connectivity index (χ0v) is 8.14. The Morgan fingerprint density at radius 2 is 2.36 bits per heavy atom. The van der Waals surface area contributed by atoms with Crippen molar-refractivity contribution >= 4 is 5.69 Å². The first-order valence-electron chi connectivity index (χ1n) is 4.52. The molecule has 0 bridgehead atoms. The van der Waals surface area contributed by atoms with E-state index in [0.29, 0.717) is 18.7 Å². The first-order chi connectivity index (χ1) is 6.66. The van der Waals surface area contributed by atoms with Gasteiger partial charge in [0.05, 0.1) is 4.92 Å². The zero-order valence-electron chi connectivity index (χ0n) is 8.14. The number of hydrogen-bond acceptors (Lipinski definition) is 4. The van der Waals surface area contributed by atoms with Gasteiger partial charge in [0.25, 0.3) is 0 Å². The minimum Gasteiger partial charge on any atom is -0.330 e. The quantitative estimate of drug-likeness (QED) is 0.426. The number of rotatable bonds is 5. The predicted octanol–water partition coefficient (Wildman–Crippen LogP) is 0.610. The summed E-state index contributed by atoms with van der Waals surface area (Å²) in [6.45, 7) is 0.617. The van der Waals surface area contributed by atoms with Crippen LogP contribution in [0.3, 0.4) is 0 Å². The van der Waals surface area contributed by atoms with Gasteiger partial charge in [0.15, 0.2) is 0 Å². The molecular weight excluding hydrogens is 184 g/mol. The smallest absolute Gasteiger partial charge is 0.310 e. The largest absolute Gasteiger partial charge is 0.330 e. The lowest BCUT2D eigenvalue weighted by molar-refractivity contribution is -0.385. The first-order valence-corrected chi connectivity index (χ1v) is 4.52. The molecule has 0 aliphatic rings. The first kappa shape index (κ1) is 10.6. The van der Waals surface area contributed by atoms with Gasteiger partial charge in [0, 0.05) is 7.05 Å². The lowest BCUT2D eigenvalue weighted by Gasteiger charge is -2.00. The van der Waals surface area contributed by atoms with Crippen LogP contribution in [0.4, 0.5) is 5.69 Å². The van der Waals surface area contributed by atoms with Gasteiger partial charge in [-0.25, -0.2) is 0 Å². The lowest BCUT2D eigenvalue weighted by atomic mass is 10.2. The second kappa shape index (κ2) is 4.71. The van der Waals surface area contributed by atoms with Crippen LogP contribution >= 0.6 is 0 Å². The van der Waals surface area contributed by atoms with Gasteiger partial charge < -0.3 is 5.73 Å². The highest BCUT2D eigenvalue weighted by Gasteiger charge is 2.17. The van der Waals surface area contributed by atoms with E-state index >= 15 is 0 Å². The SMILES string of the molecule is Cn1ncc([N+](=O)[O-])c1CCCCN. The number of aromatic nitrogens is 2. The third kappa shape index (κ3) is 2.29. The molecular formula is C8H14N4O2. The summed E-state index contributed by atoms with van der Waals surface area (Å²) in [5, 5.41) is 14.5. The fourth-order valence-electron chi connectivity index (χ4n) is 1.33. The summed E-state index contributed by atoms with van der Waals surface area (Å²) in [6.07, 6.45) is 3.68. The number of unbranched alkanes of at least 4 members (excludes halogenated alkanes) is 1. The van der Waals surface area contributed by atoms with E-state index in [1.54, 1.807) is 11.7 Å². The van der Waals surface area contributed by atoms with Crippen LogP contribution in [0.25, 0.3) is 0 Å². The number of nitrogens with zero attached hydrogens (tertiary/aromatic N) is 3. The molecule has 6 nitrogen and oxygen atoms in total. The van der Waals surface area contributed by atoms with Crippen LogP contribution in [0.1, 0.15) is 18.5 Å². The average Bonchev–Trinajstić information content (AvgIpc) is 2.48. The van der Waals surface area contributed by atoms with Crippen molar-refractivity contribution in [1.29, 1.82) is 0 Å². The van der Waals surface area contributed by atoms with Crippen LogP contribution in [-0.4, -0.2) is 21.2 Å². The van der Waals surface area contributed by atoms with E-state index in [0.717, 1.165) is 12.8 Å². The van der Waals surface area contributed by atoms with Crippen LogP contribution < -0.4 is 5.73 Å². The molecule has 78 valence electrons. The number of aryl methyl sites for hydroxylation is 1. The topological polar surface area (TPSA) is 87.0 Å². The van der Waals surface area contributed by atoms with Gasteiger partial charge in [-0.3, -0.25) is 14.8 Å². The minimum absolute atomic E-state index is 0.101. The Balaban J connectivity index is 2.72. The summed E-state index contributed by atoms with van der Waals surface area (Å²) in [5.41, 5.74) is 6.12. The number of nitro groups is 1. The molecule has 0 aliphatic carbocycles. The highest BCUT2D eigenvalue weighted by molar-refractivity contribution is 5.32. The van der Waals surface area contributed by atoms with E-state index in [2.05, 4.69) is 5.10 Å². The molecule has 0 aromatic carbocycles. The maximum absolute atomic E-state index is 10.6. The number of hydrogen-bond donors (Lipinski definition) is 1. The Morgan fingerprint density at radius 1 is 1.64 bits per heavy atom. The van der Waals surface area contributed by atoms with E-state index in [9.17, 15) is 10.1 Å². The summed E-state index contributed by atoms with van der Waals surface area (Å²) in [5.74, 6) is 0. The minimum atomic E-state index is -0.398. The molecule has 14 heavy (non-hydrogen) atoms. The van der Waals surface area contributed by atoms with Gasteiger partial charge in [-0.05, 0) is 25.8 Å². The van der Waals surface area contributed by atoms with Crippen LogP contribution in [0.5, 0.6) is 0 Å². The molecule has 6 heteroatoms. The maximum Gasteiger partial charge on any atom is 0.310 e. The Bertz CT molecular complexity index is 321. The van der Waals surface area contributed by atoms with Crippen molar-refractivity contribution in [2.45, 2.75) is 19.3 Å². The van der Waals surface area contributed by atoms with Crippen molar-refractivity contribution in [3.8, 4) is 0 Å². The fourth-order valence-corrected chi connectivity index (χ4v) is 1.33. The molecule has 1 rings (SSSR count). The van der Waals surface area contributed by atoms with Gasteiger partial charge in [-0.1, -0.05) is 0 Å². The van der Waals surface area contributed by atoms with Crippen LogP contribution in [0.15, 0.2) is 6.20 Å². The molecule has 1 aromatic heterocycles. The summed E-state index contributed by atoms with van der Waals surface area (Å²) in [7, 11) is 1.71. The van der Waals surface area contributed by atoms with Crippen molar-refractivity contribution in [2.75, 3.05) is 6.54 Å². The van der Waals surface area contributed by atoms with Crippen molar-refractivity contribution in [1.82, 2.24) is 9.78 Å². The Labute approximate surface area is 81.9 Å². The lowest BCUT2D eigenvalue weighted by Crippen LogP contribution is -2.04. The second-order valence-electron chi connectivity index (χ2n) is 3.10. The molecule has 0 spiro atoms. The van der Waals surface area contributed by atoms with E-state index < -0.39 is 4.92 Å². The van der Waals surface area contributed by atoms with Gasteiger partial charge in [0.2, 0.25) is 0 Å². The van der Waals surface area contributed by atoms with E-state index in [4.69, 9.17) is 5.73 Å². The van der Waals surface area contributed by atoms with E-state index in [-0.39, 0.29) is 5.69 Å². The molecule has 0 aliphatic heterocycles. The zero-order chi connectivity index (χ0) is 10.6. The third-order valence-electron chi connectivity index (χ3n) is 2.10. The molecule has 0 saturated carbocycles. The molecule has 0 atom stereocenters. The summed E-state index contributed by atoms with van der Waals surface area (Å²) < 4.78 is 1.55. The Hall–Kier alpha value is -1.43. The highest BCUT2D eigenvalue weighted by Crippen LogP contribution is 2.18. The van der Waals surface area contributed by atoms with Crippen molar-refractivity contribution < 1.29 is 4.92 Å². The standard InChI is InChI=1S/C8H14N4O2/c1-11-7(4-2-3-5-9)8(6-10-11)12(13)14/h6H,2-5,9H2,1H3. The monoisotopic (exact) mass is 198 g/mol. The van der Waals surface area contributed by atoms with Gasteiger partial charge in [-0.2, -0.15) is 5.10 Å². The number of nitrogens with two attached hydrogens (primary N) is 1. The Kier molecular flexibility index (Phi) is 3.58. The molecule has 1 heterocycles. The van der Waals surface area contributed by atoms with E-state index in [1.165, 1.54) is 6.20 Å². The van der Waals surface area contributed by atoms with Gasteiger partial charge in [0.1, 0.15) is 11.9 Å². The van der Waals surface area contributed by atoms with Crippen molar-refractivity contribution in [3.63, 3.8) is 0 Å². The molecule has 0 radical (unpaired) electrons. The molecule has 0 saturated heterocycles.